The summed E-state index contributed by atoms with van der Waals surface area (Å²) in [6.45, 7) is 5.40. The highest BCUT2D eigenvalue weighted by Gasteiger charge is 2.68. The Kier molecular flexibility index (Phi) is 6.13. The van der Waals surface area contributed by atoms with E-state index in [0.717, 1.165) is 12.0 Å². The van der Waals surface area contributed by atoms with Gasteiger partial charge in [-0.2, -0.15) is 0 Å². The van der Waals surface area contributed by atoms with E-state index in [-0.39, 0.29) is 55.1 Å². The minimum atomic E-state index is -1.74. The highest BCUT2D eigenvalue weighted by atomic mass is 16.5. The Hall–Kier alpha value is -2.32. The van der Waals surface area contributed by atoms with Crippen molar-refractivity contribution in [2.75, 3.05) is 6.61 Å². The second kappa shape index (κ2) is 8.41. The highest BCUT2D eigenvalue weighted by Crippen LogP contribution is 2.67. The number of hydrogen-bond donors (Lipinski definition) is 3. The summed E-state index contributed by atoms with van der Waals surface area (Å²) < 4.78 is 4.98. The number of ketones is 2. The third kappa shape index (κ3) is 3.66. The van der Waals surface area contributed by atoms with E-state index in [4.69, 9.17) is 9.84 Å². The molecule has 34 heavy (non-hydrogen) atoms. The van der Waals surface area contributed by atoms with E-state index in [1.54, 1.807) is 12.2 Å². The third-order valence-corrected chi connectivity index (χ3v) is 9.34. The molecule has 0 aromatic carbocycles. The van der Waals surface area contributed by atoms with Gasteiger partial charge in [0.15, 0.2) is 12.4 Å². The molecule has 8 atom stereocenters. The number of ether oxygens (including phenoxy) is 1. The van der Waals surface area contributed by atoms with Crippen LogP contribution in [0.4, 0.5) is 0 Å². The summed E-state index contributed by atoms with van der Waals surface area (Å²) in [5, 5.41) is 31.7. The van der Waals surface area contributed by atoms with Gasteiger partial charge in [-0.05, 0) is 55.6 Å². The van der Waals surface area contributed by atoms with Crippen molar-refractivity contribution in [3.8, 4) is 0 Å². The number of esters is 1. The van der Waals surface area contributed by atoms with Crippen LogP contribution in [-0.2, 0) is 23.9 Å². The zero-order chi connectivity index (χ0) is 25.1. The Morgan fingerprint density at radius 1 is 1.21 bits per heavy atom. The van der Waals surface area contributed by atoms with Gasteiger partial charge in [-0.3, -0.25) is 19.2 Å². The van der Waals surface area contributed by atoms with Gasteiger partial charge in [0, 0.05) is 16.7 Å². The zero-order valence-electron chi connectivity index (χ0n) is 20.0. The maximum atomic E-state index is 13.1. The lowest BCUT2D eigenvalue weighted by Crippen LogP contribution is -2.62. The van der Waals surface area contributed by atoms with Crippen LogP contribution in [0.3, 0.4) is 0 Å². The van der Waals surface area contributed by atoms with Crippen LogP contribution in [0.25, 0.3) is 0 Å². The summed E-state index contributed by atoms with van der Waals surface area (Å²) in [5.41, 5.74) is -2.04. The molecule has 0 aromatic heterocycles. The fourth-order valence-corrected chi connectivity index (χ4v) is 7.76. The number of carbonyl (C=O) groups excluding carboxylic acids is 3. The standard InChI is InChI=1S/C26H34O8/c1-14-10-16-17-7-9-26(33,20(29)13-34-22(32)5-4-21(30)31)25(17,3)12-19(28)23(16)24(2)8-6-15(27)11-18(14)24/h6,8,11,14,16-17,19,23,28,33H,4-5,7,9-10,12-13H2,1-3H3,(H,30,31)/t14-,16-,17-,19-,23?,24-,25-,26-/m0/s1. The van der Waals surface area contributed by atoms with Crippen LogP contribution in [0.15, 0.2) is 23.8 Å². The van der Waals surface area contributed by atoms with E-state index in [1.165, 1.54) is 0 Å². The predicted octanol–water partition coefficient (Wildman–Crippen LogP) is 2.22. The number of allylic oxidation sites excluding steroid dienone is 4. The van der Waals surface area contributed by atoms with Gasteiger partial charge in [0.05, 0.1) is 18.9 Å². The molecule has 8 nitrogen and oxygen atoms in total. The predicted molar refractivity (Wildman–Crippen MR) is 120 cm³/mol. The van der Waals surface area contributed by atoms with Crippen molar-refractivity contribution in [3.05, 3.63) is 23.8 Å². The number of carboxylic acid groups (broad SMARTS) is 1. The summed E-state index contributed by atoms with van der Waals surface area (Å²) in [6, 6.07) is 0. The lowest BCUT2D eigenvalue weighted by Gasteiger charge is -2.60. The van der Waals surface area contributed by atoms with Gasteiger partial charge < -0.3 is 20.1 Å². The molecule has 0 heterocycles. The minimum absolute atomic E-state index is 0.00980. The number of rotatable bonds is 6. The summed E-state index contributed by atoms with van der Waals surface area (Å²) in [7, 11) is 0. The van der Waals surface area contributed by atoms with E-state index in [2.05, 4.69) is 13.8 Å². The van der Waals surface area contributed by atoms with Crippen LogP contribution >= 0.6 is 0 Å². The Labute approximate surface area is 199 Å². The molecular weight excluding hydrogens is 440 g/mol. The molecule has 1 unspecified atom stereocenters. The smallest absolute Gasteiger partial charge is 0.306 e. The normalized spacial score (nSPS) is 42.8. The molecule has 0 amide bonds. The monoisotopic (exact) mass is 474 g/mol. The van der Waals surface area contributed by atoms with Crippen molar-refractivity contribution in [1.82, 2.24) is 0 Å². The van der Waals surface area contributed by atoms with E-state index in [9.17, 15) is 29.4 Å². The molecule has 186 valence electrons. The van der Waals surface area contributed by atoms with Crippen LogP contribution in [0.5, 0.6) is 0 Å². The lowest BCUT2D eigenvalue weighted by molar-refractivity contribution is -0.182. The largest absolute Gasteiger partial charge is 0.481 e. The Morgan fingerprint density at radius 2 is 1.91 bits per heavy atom. The molecule has 0 spiro atoms. The number of carbonyl (C=O) groups is 4. The molecule has 3 fully saturated rings. The molecule has 0 bridgehead atoms. The number of aliphatic carboxylic acids is 1. The molecule has 0 saturated heterocycles. The van der Waals surface area contributed by atoms with Crippen molar-refractivity contribution < 1.29 is 39.2 Å². The number of fused-ring (bicyclic) bond motifs is 5. The number of aliphatic hydroxyl groups is 2. The van der Waals surface area contributed by atoms with Crippen LogP contribution in [0.1, 0.15) is 59.3 Å². The second-order valence-electron chi connectivity index (χ2n) is 11.1. The maximum absolute atomic E-state index is 13.1. The second-order valence-corrected chi connectivity index (χ2v) is 11.1. The first-order valence-electron chi connectivity index (χ1n) is 12.1. The van der Waals surface area contributed by atoms with Crippen LogP contribution < -0.4 is 0 Å². The van der Waals surface area contributed by atoms with E-state index < -0.39 is 46.9 Å². The summed E-state index contributed by atoms with van der Waals surface area (Å²) in [6.07, 6.45) is 5.52. The molecule has 3 saturated carbocycles. The Bertz CT molecular complexity index is 981. The molecule has 0 aliphatic heterocycles. The van der Waals surface area contributed by atoms with Gasteiger partial charge in [-0.15, -0.1) is 0 Å². The summed E-state index contributed by atoms with van der Waals surface area (Å²) in [5.74, 6) is -2.51. The Morgan fingerprint density at radius 3 is 2.59 bits per heavy atom. The third-order valence-electron chi connectivity index (χ3n) is 9.34. The van der Waals surface area contributed by atoms with Crippen molar-refractivity contribution in [3.63, 3.8) is 0 Å². The number of hydrogen-bond acceptors (Lipinski definition) is 7. The van der Waals surface area contributed by atoms with Crippen LogP contribution in [0, 0.1) is 34.5 Å². The fraction of sp³-hybridized carbons (Fsp3) is 0.692. The zero-order valence-corrected chi connectivity index (χ0v) is 20.0. The fourth-order valence-electron chi connectivity index (χ4n) is 7.76. The molecule has 4 rings (SSSR count). The van der Waals surface area contributed by atoms with Gasteiger partial charge in [-0.25, -0.2) is 0 Å². The molecule has 4 aliphatic rings. The molecule has 0 radical (unpaired) electrons. The average Bonchev–Trinajstić information content (AvgIpc) is 3.03. The first-order chi connectivity index (χ1) is 15.8. The quantitative estimate of drug-likeness (QED) is 0.498. The molecule has 3 N–H and O–H groups in total. The minimum Gasteiger partial charge on any atom is -0.481 e. The molecule has 0 aromatic rings. The molecule has 4 aliphatic carbocycles. The van der Waals surface area contributed by atoms with E-state index in [1.807, 2.05) is 13.0 Å². The lowest BCUT2D eigenvalue weighted by atomic mass is 9.45. The number of Topliss-reactive ketones (excluding diaryl/α,β-unsaturated/α-hetero) is 1. The molecule has 8 heteroatoms. The number of carboxylic acids is 1. The van der Waals surface area contributed by atoms with Gasteiger partial charge in [-0.1, -0.05) is 32.4 Å². The summed E-state index contributed by atoms with van der Waals surface area (Å²) in [4.78, 5) is 47.7. The van der Waals surface area contributed by atoms with Gasteiger partial charge >= 0.3 is 11.9 Å². The van der Waals surface area contributed by atoms with Crippen molar-refractivity contribution in [2.45, 2.75) is 71.0 Å². The summed E-state index contributed by atoms with van der Waals surface area (Å²) >= 11 is 0. The van der Waals surface area contributed by atoms with Crippen molar-refractivity contribution in [1.29, 1.82) is 0 Å². The van der Waals surface area contributed by atoms with Gasteiger partial charge in [0.25, 0.3) is 0 Å². The van der Waals surface area contributed by atoms with Crippen LogP contribution in [-0.4, -0.2) is 57.1 Å². The van der Waals surface area contributed by atoms with Crippen LogP contribution in [0.2, 0.25) is 0 Å². The topological polar surface area (TPSA) is 138 Å². The van der Waals surface area contributed by atoms with Crippen molar-refractivity contribution >= 4 is 23.5 Å². The number of aliphatic hydroxyl groups excluding tert-OH is 1. The SMILES string of the molecule is C[C@H]1C[C@@H]2C([C@@H](O)C[C@@]3(C)[C@H]2CC[C@]3(O)C(=O)COC(=O)CCC(=O)O)[C@@]2(C)C=CC(=O)C=C12. The maximum Gasteiger partial charge on any atom is 0.306 e. The first kappa shape index (κ1) is 24.8. The van der Waals surface area contributed by atoms with Crippen molar-refractivity contribution in [2.24, 2.45) is 34.5 Å². The van der Waals surface area contributed by atoms with Gasteiger partial charge in [0.2, 0.25) is 5.78 Å². The molecular formula is C26H34O8. The Balaban J connectivity index is 1.56. The average molecular weight is 475 g/mol. The highest BCUT2D eigenvalue weighted by molar-refractivity contribution is 6.01. The van der Waals surface area contributed by atoms with E-state index in [0.29, 0.717) is 6.42 Å². The first-order valence-corrected chi connectivity index (χ1v) is 12.1. The van der Waals surface area contributed by atoms with Gasteiger partial charge in [0.1, 0.15) is 5.60 Å². The van der Waals surface area contributed by atoms with E-state index >= 15 is 0 Å².